The molecule has 20 heavy (non-hydrogen) atoms. The Kier molecular flexibility index (Phi) is 3.21. The Morgan fingerprint density at radius 3 is 2.60 bits per heavy atom. The molecule has 2 amide bonds. The van der Waals surface area contributed by atoms with Gasteiger partial charge in [0.15, 0.2) is 4.75 Å². The summed E-state index contributed by atoms with van der Waals surface area (Å²) < 4.78 is 22.8. The molecule has 2 rings (SSSR count). The Bertz CT molecular complexity index is 682. The van der Waals surface area contributed by atoms with Gasteiger partial charge in [0.2, 0.25) is 5.91 Å². The summed E-state index contributed by atoms with van der Waals surface area (Å²) in [6, 6.07) is 6.46. The standard InChI is InChI=1S/C12H15N3O4S/c1-12(2)11(17)15(20(12,18)19)7-10(16)14-9-5-3-4-8(13)6-9/h3-6H,7,13H2,1-2H3,(H,14,16). The van der Waals surface area contributed by atoms with Gasteiger partial charge >= 0.3 is 0 Å². The number of amides is 2. The van der Waals surface area contributed by atoms with E-state index in [1.165, 1.54) is 19.9 Å². The minimum absolute atomic E-state index is 0.444. The Hall–Kier alpha value is -2.09. The van der Waals surface area contributed by atoms with E-state index in [4.69, 9.17) is 5.73 Å². The van der Waals surface area contributed by atoms with Crippen LogP contribution >= 0.6 is 0 Å². The summed E-state index contributed by atoms with van der Waals surface area (Å²) in [5, 5.41) is 2.49. The zero-order valence-corrected chi connectivity index (χ0v) is 11.9. The number of sulfonamides is 1. The fourth-order valence-corrected chi connectivity index (χ4v) is 3.34. The van der Waals surface area contributed by atoms with E-state index in [2.05, 4.69) is 5.32 Å². The van der Waals surface area contributed by atoms with Crippen LogP contribution < -0.4 is 11.1 Å². The van der Waals surface area contributed by atoms with E-state index >= 15 is 0 Å². The first-order chi connectivity index (χ1) is 9.16. The smallest absolute Gasteiger partial charge is 0.259 e. The second-order valence-electron chi connectivity index (χ2n) is 5.00. The van der Waals surface area contributed by atoms with Gasteiger partial charge in [-0.1, -0.05) is 6.07 Å². The molecule has 108 valence electrons. The fourth-order valence-electron chi connectivity index (χ4n) is 1.86. The summed E-state index contributed by atoms with van der Waals surface area (Å²) in [7, 11) is -3.75. The average molecular weight is 297 g/mol. The normalized spacial score (nSPS) is 19.3. The number of carbonyl (C=O) groups excluding carboxylic acids is 2. The molecular weight excluding hydrogens is 282 g/mol. The Morgan fingerprint density at radius 2 is 2.05 bits per heavy atom. The maximum Gasteiger partial charge on any atom is 0.259 e. The number of nitrogens with two attached hydrogens (primary N) is 1. The lowest BCUT2D eigenvalue weighted by Crippen LogP contribution is -2.68. The average Bonchev–Trinajstić information content (AvgIpc) is 2.34. The van der Waals surface area contributed by atoms with Gasteiger partial charge in [0.25, 0.3) is 15.9 Å². The first-order valence-corrected chi connectivity index (χ1v) is 7.32. The third-order valence-electron chi connectivity index (χ3n) is 3.13. The molecule has 0 spiro atoms. The van der Waals surface area contributed by atoms with Crippen molar-refractivity contribution < 1.29 is 18.0 Å². The molecule has 0 aromatic heterocycles. The molecule has 0 bridgehead atoms. The maximum absolute atomic E-state index is 11.8. The van der Waals surface area contributed by atoms with Crippen molar-refractivity contribution in [1.29, 1.82) is 0 Å². The first-order valence-electron chi connectivity index (χ1n) is 5.88. The quantitative estimate of drug-likeness (QED) is 0.772. The minimum Gasteiger partial charge on any atom is -0.399 e. The SMILES string of the molecule is CC1(C)C(=O)N(CC(=O)Nc2cccc(N)c2)S1(=O)=O. The first kappa shape index (κ1) is 14.3. The molecule has 1 aliphatic rings. The van der Waals surface area contributed by atoms with Crippen molar-refractivity contribution in [3.05, 3.63) is 24.3 Å². The highest BCUT2D eigenvalue weighted by atomic mass is 32.2. The Morgan fingerprint density at radius 1 is 1.40 bits per heavy atom. The third kappa shape index (κ3) is 2.11. The van der Waals surface area contributed by atoms with Crippen LogP contribution in [0.4, 0.5) is 11.4 Å². The van der Waals surface area contributed by atoms with Gasteiger partial charge in [-0.15, -0.1) is 0 Å². The topological polar surface area (TPSA) is 110 Å². The number of rotatable bonds is 3. The van der Waals surface area contributed by atoms with Crippen molar-refractivity contribution in [3.8, 4) is 0 Å². The lowest BCUT2D eigenvalue weighted by atomic mass is 10.2. The molecule has 1 heterocycles. The van der Waals surface area contributed by atoms with Crippen LogP contribution in [0.15, 0.2) is 24.3 Å². The lowest BCUT2D eigenvalue weighted by Gasteiger charge is -2.42. The summed E-state index contributed by atoms with van der Waals surface area (Å²) in [5.41, 5.74) is 6.48. The molecule has 0 atom stereocenters. The number of nitrogens with zero attached hydrogens (tertiary/aromatic N) is 1. The zero-order chi connectivity index (χ0) is 15.1. The van der Waals surface area contributed by atoms with Crippen LogP contribution in [-0.2, 0) is 19.6 Å². The van der Waals surface area contributed by atoms with E-state index < -0.39 is 33.1 Å². The van der Waals surface area contributed by atoms with Crippen LogP contribution in [0.25, 0.3) is 0 Å². The minimum atomic E-state index is -3.75. The second kappa shape index (κ2) is 4.48. The Labute approximate surface area is 116 Å². The molecule has 7 nitrogen and oxygen atoms in total. The number of benzene rings is 1. The van der Waals surface area contributed by atoms with Crippen LogP contribution in [0.3, 0.4) is 0 Å². The van der Waals surface area contributed by atoms with Gasteiger partial charge in [-0.2, -0.15) is 0 Å². The molecule has 0 saturated carbocycles. The van der Waals surface area contributed by atoms with Crippen LogP contribution in [-0.4, -0.2) is 35.8 Å². The monoisotopic (exact) mass is 297 g/mol. The largest absolute Gasteiger partial charge is 0.399 e. The predicted octanol–water partition coefficient (Wildman–Crippen LogP) is 0.158. The van der Waals surface area contributed by atoms with Gasteiger partial charge in [-0.25, -0.2) is 12.7 Å². The van der Waals surface area contributed by atoms with Gasteiger partial charge < -0.3 is 11.1 Å². The summed E-state index contributed by atoms with van der Waals surface area (Å²) >= 11 is 0. The molecule has 1 aliphatic heterocycles. The van der Waals surface area contributed by atoms with E-state index in [9.17, 15) is 18.0 Å². The zero-order valence-electron chi connectivity index (χ0n) is 11.1. The van der Waals surface area contributed by atoms with Crippen LogP contribution in [0.5, 0.6) is 0 Å². The van der Waals surface area contributed by atoms with Crippen LogP contribution in [0, 0.1) is 0 Å². The van der Waals surface area contributed by atoms with E-state index in [0.29, 0.717) is 15.7 Å². The summed E-state index contributed by atoms with van der Waals surface area (Å²) in [4.78, 5) is 23.4. The van der Waals surface area contributed by atoms with Crippen LogP contribution in [0.2, 0.25) is 0 Å². The van der Waals surface area contributed by atoms with Crippen molar-refractivity contribution in [2.45, 2.75) is 18.6 Å². The number of hydrogen-bond donors (Lipinski definition) is 2. The number of carbonyl (C=O) groups is 2. The molecule has 1 saturated heterocycles. The van der Waals surface area contributed by atoms with Crippen molar-refractivity contribution in [3.63, 3.8) is 0 Å². The van der Waals surface area contributed by atoms with Crippen molar-refractivity contribution in [2.24, 2.45) is 0 Å². The highest BCUT2D eigenvalue weighted by Gasteiger charge is 2.60. The molecule has 0 unspecified atom stereocenters. The number of hydrogen-bond acceptors (Lipinski definition) is 5. The van der Waals surface area contributed by atoms with Gasteiger partial charge in [0.05, 0.1) is 0 Å². The molecule has 3 N–H and O–H groups in total. The van der Waals surface area contributed by atoms with E-state index in [-0.39, 0.29) is 0 Å². The highest BCUT2D eigenvalue weighted by molar-refractivity contribution is 7.94. The van der Waals surface area contributed by atoms with Crippen LogP contribution in [0.1, 0.15) is 13.8 Å². The van der Waals surface area contributed by atoms with E-state index in [1.54, 1.807) is 18.2 Å². The molecule has 0 aliphatic carbocycles. The van der Waals surface area contributed by atoms with Gasteiger partial charge in [-0.3, -0.25) is 9.59 Å². The highest BCUT2D eigenvalue weighted by Crippen LogP contribution is 2.34. The summed E-state index contributed by atoms with van der Waals surface area (Å²) in [6.07, 6.45) is 0. The molecule has 0 radical (unpaired) electrons. The Balaban J connectivity index is 2.05. The second-order valence-corrected chi connectivity index (χ2v) is 7.41. The molecular formula is C12H15N3O4S. The molecule has 1 aromatic carbocycles. The van der Waals surface area contributed by atoms with E-state index in [1.807, 2.05) is 0 Å². The van der Waals surface area contributed by atoms with Crippen molar-refractivity contribution >= 4 is 33.2 Å². The third-order valence-corrected chi connectivity index (χ3v) is 5.47. The summed E-state index contributed by atoms with van der Waals surface area (Å²) in [5.74, 6) is -1.18. The van der Waals surface area contributed by atoms with Crippen molar-refractivity contribution in [2.75, 3.05) is 17.6 Å². The van der Waals surface area contributed by atoms with Gasteiger partial charge in [0.1, 0.15) is 6.54 Å². The fraction of sp³-hybridized carbons (Fsp3) is 0.333. The lowest BCUT2D eigenvalue weighted by molar-refractivity contribution is -0.134. The van der Waals surface area contributed by atoms with Gasteiger partial charge in [-0.05, 0) is 32.0 Å². The van der Waals surface area contributed by atoms with Gasteiger partial charge in [0, 0.05) is 11.4 Å². The predicted molar refractivity (Wildman–Crippen MR) is 74.2 cm³/mol. The number of nitrogen functional groups attached to an aromatic ring is 1. The summed E-state index contributed by atoms with van der Waals surface area (Å²) in [6.45, 7) is 2.10. The van der Waals surface area contributed by atoms with Crippen molar-refractivity contribution in [1.82, 2.24) is 4.31 Å². The number of anilines is 2. The molecule has 8 heteroatoms. The van der Waals surface area contributed by atoms with E-state index in [0.717, 1.165) is 0 Å². The molecule has 1 aromatic rings. The number of nitrogens with one attached hydrogen (secondary N) is 1. The maximum atomic E-state index is 11.8. The molecule has 1 fully saturated rings.